The van der Waals surface area contributed by atoms with Gasteiger partial charge in [-0.3, -0.25) is 0 Å². The number of rotatable bonds is 7. The molecule has 3 aromatic rings. The van der Waals surface area contributed by atoms with Gasteiger partial charge in [0.25, 0.3) is 0 Å². The summed E-state index contributed by atoms with van der Waals surface area (Å²) in [5.74, 6) is -0.187. The van der Waals surface area contributed by atoms with Crippen LogP contribution < -0.4 is 20.7 Å². The summed E-state index contributed by atoms with van der Waals surface area (Å²) in [6.45, 7) is 8.56. The monoisotopic (exact) mass is 515 g/mol. The number of esters is 1. The number of ether oxygens (including phenoxy) is 2. The molecule has 0 bridgehead atoms. The first-order valence-electron chi connectivity index (χ1n) is 12.9. The fraction of sp³-hybridized carbons (Fsp3) is 0.355. The number of carbonyl (C=O) groups is 2. The summed E-state index contributed by atoms with van der Waals surface area (Å²) in [5.41, 5.74) is 2.41. The van der Waals surface area contributed by atoms with Crippen molar-refractivity contribution in [2.75, 3.05) is 12.4 Å². The zero-order chi connectivity index (χ0) is 27.3. The number of urea groups is 1. The van der Waals surface area contributed by atoms with Gasteiger partial charge in [0.15, 0.2) is 0 Å². The third-order valence-corrected chi connectivity index (χ3v) is 6.62. The minimum atomic E-state index is -0.550. The molecule has 0 aromatic heterocycles. The Morgan fingerprint density at radius 1 is 0.868 bits per heavy atom. The molecule has 200 valence electrons. The molecule has 1 saturated heterocycles. The van der Waals surface area contributed by atoms with Crippen LogP contribution in [0.5, 0.6) is 5.75 Å². The van der Waals surface area contributed by atoms with E-state index < -0.39 is 12.1 Å². The first-order chi connectivity index (χ1) is 18.0. The van der Waals surface area contributed by atoms with E-state index in [1.54, 1.807) is 18.2 Å². The van der Waals surface area contributed by atoms with Crippen LogP contribution in [0.15, 0.2) is 78.9 Å². The Balaban J connectivity index is 1.55. The Morgan fingerprint density at radius 3 is 1.95 bits per heavy atom. The van der Waals surface area contributed by atoms with E-state index >= 15 is 0 Å². The van der Waals surface area contributed by atoms with Crippen molar-refractivity contribution >= 4 is 17.7 Å². The van der Waals surface area contributed by atoms with Crippen molar-refractivity contribution in [1.29, 1.82) is 0 Å². The molecule has 1 heterocycles. The van der Waals surface area contributed by atoms with E-state index in [0.717, 1.165) is 24.0 Å². The molecule has 0 aliphatic carbocycles. The highest BCUT2D eigenvalue weighted by atomic mass is 16.5. The van der Waals surface area contributed by atoms with Gasteiger partial charge >= 0.3 is 12.0 Å². The number of hydrogen-bond donors (Lipinski definition) is 3. The number of benzene rings is 3. The largest absolute Gasteiger partial charge is 0.480 e. The molecule has 38 heavy (non-hydrogen) atoms. The van der Waals surface area contributed by atoms with Crippen molar-refractivity contribution in [3.8, 4) is 5.75 Å². The molecule has 0 radical (unpaired) electrons. The second-order valence-electron chi connectivity index (χ2n) is 11.1. The maximum atomic E-state index is 12.9. The van der Waals surface area contributed by atoms with Crippen LogP contribution in [0.4, 0.5) is 10.5 Å². The van der Waals surface area contributed by atoms with E-state index in [0.29, 0.717) is 11.4 Å². The van der Waals surface area contributed by atoms with Crippen LogP contribution in [0.1, 0.15) is 68.1 Å². The molecular weight excluding hydrogens is 478 g/mol. The van der Waals surface area contributed by atoms with E-state index in [9.17, 15) is 9.59 Å². The van der Waals surface area contributed by atoms with Gasteiger partial charge in [0.05, 0.1) is 7.11 Å². The summed E-state index contributed by atoms with van der Waals surface area (Å²) in [4.78, 5) is 25.6. The van der Waals surface area contributed by atoms with Gasteiger partial charge in [-0.2, -0.15) is 0 Å². The lowest BCUT2D eigenvalue weighted by Gasteiger charge is -2.46. The maximum absolute atomic E-state index is 12.9. The molecule has 7 nitrogen and oxygen atoms in total. The molecule has 0 atom stereocenters. The lowest BCUT2D eigenvalue weighted by atomic mass is 9.80. The molecule has 1 fully saturated rings. The summed E-state index contributed by atoms with van der Waals surface area (Å²) in [6, 6.07) is 24.3. The number of nitrogens with one attached hydrogen (secondary N) is 3. The second-order valence-corrected chi connectivity index (χ2v) is 11.1. The number of methoxy groups -OCH3 is 1. The lowest BCUT2D eigenvalue weighted by molar-refractivity contribution is 0.0594. The molecule has 4 rings (SSSR count). The minimum Gasteiger partial charge on any atom is -0.480 e. The van der Waals surface area contributed by atoms with E-state index in [1.807, 2.05) is 60.7 Å². The third-order valence-electron chi connectivity index (χ3n) is 6.62. The van der Waals surface area contributed by atoms with Crippen LogP contribution in [0, 0.1) is 0 Å². The van der Waals surface area contributed by atoms with Crippen LogP contribution in [-0.4, -0.2) is 36.2 Å². The normalized spacial score (nSPS) is 16.5. The molecule has 7 heteroatoms. The fourth-order valence-electron chi connectivity index (χ4n) is 5.47. The van der Waals surface area contributed by atoms with E-state index in [2.05, 4.69) is 43.6 Å². The van der Waals surface area contributed by atoms with Crippen molar-refractivity contribution in [2.24, 2.45) is 0 Å². The minimum absolute atomic E-state index is 0.0152. The topological polar surface area (TPSA) is 88.7 Å². The van der Waals surface area contributed by atoms with Gasteiger partial charge in [-0.05, 0) is 69.9 Å². The molecule has 3 aromatic carbocycles. The Hall–Kier alpha value is -3.84. The summed E-state index contributed by atoms with van der Waals surface area (Å²) < 4.78 is 11.5. The highest BCUT2D eigenvalue weighted by Gasteiger charge is 2.38. The second kappa shape index (κ2) is 11.3. The molecular formula is C31H37N3O4. The Kier molecular flexibility index (Phi) is 8.07. The third kappa shape index (κ3) is 6.92. The quantitative estimate of drug-likeness (QED) is 0.332. The first-order valence-corrected chi connectivity index (χ1v) is 12.9. The van der Waals surface area contributed by atoms with E-state index in [-0.39, 0.29) is 28.7 Å². The number of amides is 2. The summed E-state index contributed by atoms with van der Waals surface area (Å²) in [6.07, 6.45) is 1.18. The smallest absolute Gasteiger partial charge is 0.341 e. The molecule has 1 aliphatic heterocycles. The number of hydrogen-bond acceptors (Lipinski definition) is 5. The van der Waals surface area contributed by atoms with Crippen LogP contribution in [-0.2, 0) is 4.74 Å². The molecule has 0 saturated carbocycles. The molecule has 3 N–H and O–H groups in total. The van der Waals surface area contributed by atoms with Gasteiger partial charge in [0.1, 0.15) is 17.4 Å². The van der Waals surface area contributed by atoms with Crippen molar-refractivity contribution in [3.05, 3.63) is 95.6 Å². The lowest BCUT2D eigenvalue weighted by Crippen LogP contribution is -2.62. The molecule has 0 spiro atoms. The molecule has 1 aliphatic rings. The van der Waals surface area contributed by atoms with Gasteiger partial charge in [0.2, 0.25) is 0 Å². The van der Waals surface area contributed by atoms with Crippen LogP contribution in [0.25, 0.3) is 0 Å². The number of anilines is 1. The maximum Gasteiger partial charge on any atom is 0.341 e. The fourth-order valence-corrected chi connectivity index (χ4v) is 5.47. The van der Waals surface area contributed by atoms with E-state index in [1.165, 1.54) is 7.11 Å². The highest BCUT2D eigenvalue weighted by Crippen LogP contribution is 2.33. The summed E-state index contributed by atoms with van der Waals surface area (Å²) >= 11 is 0. The van der Waals surface area contributed by atoms with Crippen molar-refractivity contribution in [2.45, 2.75) is 63.8 Å². The Labute approximate surface area is 224 Å². The van der Waals surface area contributed by atoms with Gasteiger partial charge < -0.3 is 25.4 Å². The summed E-state index contributed by atoms with van der Waals surface area (Å²) in [7, 11) is 1.32. The average molecular weight is 516 g/mol. The predicted octanol–water partition coefficient (Wildman–Crippen LogP) is 6.07. The van der Waals surface area contributed by atoms with Gasteiger partial charge in [-0.15, -0.1) is 0 Å². The number of carbonyl (C=O) groups excluding carboxylic acids is 2. The van der Waals surface area contributed by atoms with Gasteiger partial charge in [0, 0.05) is 22.8 Å². The summed E-state index contributed by atoms with van der Waals surface area (Å²) in [5, 5.41) is 9.59. The SMILES string of the molecule is COC(=O)c1cc(NC(=O)NC2CC(C)(C)NC(C)(C)C2)ccc1OC(c1ccccc1)c1ccccc1. The Morgan fingerprint density at radius 2 is 1.42 bits per heavy atom. The van der Waals surface area contributed by atoms with Crippen LogP contribution >= 0.6 is 0 Å². The zero-order valence-corrected chi connectivity index (χ0v) is 22.7. The van der Waals surface area contributed by atoms with Crippen LogP contribution in [0.2, 0.25) is 0 Å². The average Bonchev–Trinajstić information content (AvgIpc) is 2.86. The van der Waals surface area contributed by atoms with Crippen molar-refractivity contribution in [3.63, 3.8) is 0 Å². The van der Waals surface area contributed by atoms with Crippen LogP contribution in [0.3, 0.4) is 0 Å². The van der Waals surface area contributed by atoms with Crippen molar-refractivity contribution < 1.29 is 19.1 Å². The van der Waals surface area contributed by atoms with Gasteiger partial charge in [-0.25, -0.2) is 9.59 Å². The van der Waals surface area contributed by atoms with E-state index in [4.69, 9.17) is 9.47 Å². The highest BCUT2D eigenvalue weighted by molar-refractivity contribution is 5.96. The predicted molar refractivity (Wildman–Crippen MR) is 150 cm³/mol. The first kappa shape index (κ1) is 27.2. The van der Waals surface area contributed by atoms with Crippen molar-refractivity contribution in [1.82, 2.24) is 10.6 Å². The van der Waals surface area contributed by atoms with Gasteiger partial charge in [-0.1, -0.05) is 60.7 Å². The Bertz CT molecular complexity index is 1200. The standard InChI is InChI=1S/C31H37N3O4/c1-30(2)19-24(20-31(3,4)34-30)33-29(36)32-23-16-17-26(25(18-23)28(35)37-5)38-27(21-12-8-6-9-13-21)22-14-10-7-11-15-22/h6-18,24,27,34H,19-20H2,1-5H3,(H2,32,33,36). The number of piperidine rings is 1. The molecule has 0 unspecified atom stereocenters. The zero-order valence-electron chi connectivity index (χ0n) is 22.7. The molecule has 2 amide bonds.